The molecule has 2 N–H and O–H groups in total. The minimum Gasteiger partial charge on any atom is -0.479 e. The number of hydrogen-bond acceptors (Lipinski definition) is 6. The summed E-state index contributed by atoms with van der Waals surface area (Å²) < 4.78 is 32.0. The lowest BCUT2D eigenvalue weighted by Crippen LogP contribution is -2.10. The molecule has 0 aliphatic rings. The van der Waals surface area contributed by atoms with Crippen LogP contribution >= 0.6 is 0 Å². The number of rotatable bonds is 6. The number of fused-ring (bicyclic) bond motifs is 1. The van der Waals surface area contributed by atoms with Crippen LogP contribution in [-0.4, -0.2) is 34.7 Å². The van der Waals surface area contributed by atoms with E-state index in [0.717, 1.165) is 11.1 Å². The number of ether oxygens (including phenoxy) is 1. The fourth-order valence-electron chi connectivity index (χ4n) is 2.60. The van der Waals surface area contributed by atoms with Crippen LogP contribution in [0.2, 0.25) is 0 Å². The largest absolute Gasteiger partial charge is 0.479 e. The van der Waals surface area contributed by atoms with Crippen LogP contribution in [0.25, 0.3) is 16.6 Å². The number of anilines is 1. The maximum Gasteiger partial charge on any atom is 0.255 e. The van der Waals surface area contributed by atoms with Crippen molar-refractivity contribution < 1.29 is 13.5 Å². The molecule has 0 saturated carbocycles. The van der Waals surface area contributed by atoms with Crippen LogP contribution in [0.5, 0.6) is 5.88 Å². The molecule has 0 unspecified atom stereocenters. The molecule has 0 saturated heterocycles. The van der Waals surface area contributed by atoms with E-state index in [0.29, 0.717) is 22.9 Å². The Kier molecular flexibility index (Phi) is 4.55. The highest BCUT2D eigenvalue weighted by Crippen LogP contribution is 2.35. The first kappa shape index (κ1) is 16.7. The van der Waals surface area contributed by atoms with Gasteiger partial charge in [0.15, 0.2) is 0 Å². The Hall–Kier alpha value is -3.10. The molecule has 1 aromatic carbocycles. The van der Waals surface area contributed by atoms with Crippen molar-refractivity contribution in [2.45, 2.75) is 13.3 Å². The van der Waals surface area contributed by atoms with Gasteiger partial charge in [0.25, 0.3) is 6.43 Å². The van der Waals surface area contributed by atoms with Crippen molar-refractivity contribution in [3.8, 4) is 17.0 Å². The maximum atomic E-state index is 12.5. The molecule has 0 fully saturated rings. The summed E-state index contributed by atoms with van der Waals surface area (Å²) in [5.74, 6) is 0.984. The van der Waals surface area contributed by atoms with E-state index in [-0.39, 0.29) is 5.69 Å². The Bertz CT molecular complexity index is 924. The summed E-state index contributed by atoms with van der Waals surface area (Å²) in [4.78, 5) is 4.28. The zero-order chi connectivity index (χ0) is 18.0. The predicted octanol–water partition coefficient (Wildman–Crippen LogP) is 4.05. The van der Waals surface area contributed by atoms with Gasteiger partial charge in [-0.2, -0.15) is 15.2 Å². The standard InChI is InChI=1S/C16H16F2N6O/c1-9-21-16(25-2)15-11(5-6-24(15)23-9)10-3-4-12(22-19)13(7-10)20-8-14(17)18/h3-7,14,19-20H,8H2,1-2H3. The number of nitrogens with zero attached hydrogens (tertiary/aromatic N) is 4. The molecule has 9 heteroatoms. The smallest absolute Gasteiger partial charge is 0.255 e. The third-order valence-corrected chi connectivity index (χ3v) is 3.65. The Morgan fingerprint density at radius 2 is 2.16 bits per heavy atom. The summed E-state index contributed by atoms with van der Waals surface area (Å²) in [6, 6.07) is 6.87. The molecule has 130 valence electrons. The second-order valence-corrected chi connectivity index (χ2v) is 5.31. The van der Waals surface area contributed by atoms with Crippen LogP contribution in [0.15, 0.2) is 35.6 Å². The van der Waals surface area contributed by atoms with Gasteiger partial charge in [0.2, 0.25) is 5.88 Å². The van der Waals surface area contributed by atoms with Crippen molar-refractivity contribution in [1.82, 2.24) is 14.6 Å². The molecule has 0 amide bonds. The fourth-order valence-corrected chi connectivity index (χ4v) is 2.60. The third kappa shape index (κ3) is 3.25. The SMILES string of the molecule is COc1nc(C)nn2ccc(-c3ccc(N=N)c(NCC(F)F)c3)c12. The van der Waals surface area contributed by atoms with Gasteiger partial charge in [-0.3, -0.25) is 0 Å². The molecule has 0 aliphatic carbocycles. The summed E-state index contributed by atoms with van der Waals surface area (Å²) in [5.41, 5.74) is 10.0. The van der Waals surface area contributed by atoms with Crippen molar-refractivity contribution in [2.24, 2.45) is 5.11 Å². The number of methoxy groups -OCH3 is 1. The normalized spacial score (nSPS) is 11.1. The molecule has 0 spiro atoms. The highest BCUT2D eigenvalue weighted by Gasteiger charge is 2.15. The first-order valence-corrected chi connectivity index (χ1v) is 7.47. The maximum absolute atomic E-state index is 12.5. The van der Waals surface area contributed by atoms with E-state index in [1.807, 2.05) is 6.07 Å². The molecule has 2 heterocycles. The monoisotopic (exact) mass is 346 g/mol. The highest BCUT2D eigenvalue weighted by atomic mass is 19.3. The second kappa shape index (κ2) is 6.80. The van der Waals surface area contributed by atoms with Crippen LogP contribution in [0, 0.1) is 12.5 Å². The first-order valence-electron chi connectivity index (χ1n) is 7.47. The summed E-state index contributed by atoms with van der Waals surface area (Å²) in [6.45, 7) is 1.24. The number of halogens is 2. The summed E-state index contributed by atoms with van der Waals surface area (Å²) in [5, 5.41) is 10.3. The number of aryl methyl sites for hydroxylation is 1. The van der Waals surface area contributed by atoms with E-state index >= 15 is 0 Å². The second-order valence-electron chi connectivity index (χ2n) is 5.31. The van der Waals surface area contributed by atoms with Gasteiger partial charge in [0.1, 0.15) is 17.0 Å². The number of aromatic nitrogens is 3. The first-order chi connectivity index (χ1) is 12.0. The molecule has 0 bridgehead atoms. The molecule has 3 rings (SSSR count). The highest BCUT2D eigenvalue weighted by molar-refractivity contribution is 5.87. The summed E-state index contributed by atoms with van der Waals surface area (Å²) in [7, 11) is 1.52. The van der Waals surface area contributed by atoms with Crippen molar-refractivity contribution in [3.63, 3.8) is 0 Å². The van der Waals surface area contributed by atoms with E-state index < -0.39 is 13.0 Å². The van der Waals surface area contributed by atoms with Gasteiger partial charge in [-0.1, -0.05) is 6.07 Å². The average molecular weight is 346 g/mol. The van der Waals surface area contributed by atoms with E-state index in [4.69, 9.17) is 10.3 Å². The van der Waals surface area contributed by atoms with Crippen molar-refractivity contribution in [1.29, 1.82) is 5.53 Å². The predicted molar refractivity (Wildman–Crippen MR) is 89.0 cm³/mol. The Morgan fingerprint density at radius 1 is 1.36 bits per heavy atom. The number of alkyl halides is 2. The van der Waals surface area contributed by atoms with E-state index in [1.54, 1.807) is 35.8 Å². The van der Waals surface area contributed by atoms with Crippen LogP contribution in [0.4, 0.5) is 20.2 Å². The van der Waals surface area contributed by atoms with Gasteiger partial charge < -0.3 is 10.1 Å². The lowest BCUT2D eigenvalue weighted by Gasteiger charge is -2.11. The zero-order valence-electron chi connectivity index (χ0n) is 13.6. The van der Waals surface area contributed by atoms with Crippen LogP contribution in [-0.2, 0) is 0 Å². The van der Waals surface area contributed by atoms with Gasteiger partial charge in [-0.05, 0) is 30.7 Å². The summed E-state index contributed by atoms with van der Waals surface area (Å²) >= 11 is 0. The van der Waals surface area contributed by atoms with Gasteiger partial charge in [0, 0.05) is 11.8 Å². The molecule has 3 aromatic rings. The third-order valence-electron chi connectivity index (χ3n) is 3.65. The lowest BCUT2D eigenvalue weighted by molar-refractivity contribution is 0.163. The number of hydrogen-bond donors (Lipinski definition) is 2. The topological polar surface area (TPSA) is 87.7 Å². The van der Waals surface area contributed by atoms with E-state index in [1.165, 1.54) is 7.11 Å². The quantitative estimate of drug-likeness (QED) is 0.659. The van der Waals surface area contributed by atoms with Crippen molar-refractivity contribution in [3.05, 3.63) is 36.3 Å². The van der Waals surface area contributed by atoms with Gasteiger partial charge in [-0.15, -0.1) is 0 Å². The van der Waals surface area contributed by atoms with Crippen LogP contribution in [0.1, 0.15) is 5.82 Å². The van der Waals surface area contributed by atoms with Crippen molar-refractivity contribution in [2.75, 3.05) is 19.0 Å². The van der Waals surface area contributed by atoms with Crippen LogP contribution in [0.3, 0.4) is 0 Å². The van der Waals surface area contributed by atoms with Gasteiger partial charge in [-0.25, -0.2) is 18.8 Å². The number of nitrogens with one attached hydrogen (secondary N) is 2. The molecule has 0 radical (unpaired) electrons. The molecule has 0 aliphatic heterocycles. The molecule has 0 atom stereocenters. The fraction of sp³-hybridized carbons (Fsp3) is 0.250. The van der Waals surface area contributed by atoms with E-state index in [9.17, 15) is 8.78 Å². The van der Waals surface area contributed by atoms with E-state index in [2.05, 4.69) is 20.5 Å². The Balaban J connectivity index is 2.12. The Labute approximate surface area is 142 Å². The molecular formula is C16H16F2N6O. The van der Waals surface area contributed by atoms with Crippen LogP contribution < -0.4 is 10.1 Å². The lowest BCUT2D eigenvalue weighted by atomic mass is 10.1. The number of benzene rings is 1. The minimum atomic E-state index is -2.51. The van der Waals surface area contributed by atoms with Gasteiger partial charge >= 0.3 is 0 Å². The molecule has 25 heavy (non-hydrogen) atoms. The molecular weight excluding hydrogens is 330 g/mol. The average Bonchev–Trinajstić information content (AvgIpc) is 3.02. The zero-order valence-corrected chi connectivity index (χ0v) is 13.6. The Morgan fingerprint density at radius 3 is 2.84 bits per heavy atom. The summed E-state index contributed by atoms with van der Waals surface area (Å²) in [6.07, 6.45) is -0.731. The molecule has 7 nitrogen and oxygen atoms in total. The molecule has 2 aromatic heterocycles. The van der Waals surface area contributed by atoms with Crippen molar-refractivity contribution >= 4 is 16.9 Å². The minimum absolute atomic E-state index is 0.284. The van der Waals surface area contributed by atoms with Gasteiger partial charge in [0.05, 0.1) is 19.3 Å².